The molecule has 0 N–H and O–H groups in total. The predicted molar refractivity (Wildman–Crippen MR) is 74.6 cm³/mol. The number of hydrogen-bond donors (Lipinski definition) is 0. The molecule has 0 radical (unpaired) electrons. The fraction of sp³-hybridized carbons (Fsp3) is 0.286. The maximum atomic E-state index is 5.84. The molecule has 0 aliphatic carbocycles. The highest BCUT2D eigenvalue weighted by Gasteiger charge is 2.16. The highest BCUT2D eigenvalue weighted by Crippen LogP contribution is 2.25. The van der Waals surface area contributed by atoms with E-state index in [9.17, 15) is 0 Å². The zero-order chi connectivity index (χ0) is 14.4. The van der Waals surface area contributed by atoms with Crippen molar-refractivity contribution in [3.63, 3.8) is 0 Å². The number of aromatic nitrogens is 2. The Morgan fingerprint density at radius 3 is 2.50 bits per heavy atom. The molecular formula is C14H15ClN2O3. The van der Waals surface area contributed by atoms with E-state index in [0.717, 1.165) is 5.56 Å². The quantitative estimate of drug-likeness (QED) is 0.767. The Labute approximate surface area is 122 Å². The summed E-state index contributed by atoms with van der Waals surface area (Å²) in [5, 5.41) is 0.690. The van der Waals surface area contributed by atoms with Gasteiger partial charge in [0.2, 0.25) is 5.88 Å². The molecule has 0 fully saturated rings. The summed E-state index contributed by atoms with van der Waals surface area (Å²) in [7, 11) is 3.09. The van der Waals surface area contributed by atoms with Crippen LogP contribution in [0.3, 0.4) is 0 Å². The van der Waals surface area contributed by atoms with E-state index in [1.807, 2.05) is 24.3 Å². The van der Waals surface area contributed by atoms with Crippen LogP contribution >= 0.6 is 11.6 Å². The summed E-state index contributed by atoms with van der Waals surface area (Å²) in [4.78, 5) is 8.07. The van der Waals surface area contributed by atoms with Crippen molar-refractivity contribution in [2.45, 2.75) is 12.9 Å². The number of rotatable bonds is 6. The molecule has 0 bridgehead atoms. The van der Waals surface area contributed by atoms with E-state index in [-0.39, 0.29) is 0 Å². The fourth-order valence-electron chi connectivity index (χ4n) is 1.69. The summed E-state index contributed by atoms with van der Waals surface area (Å²) in [5.74, 6) is 0.434. The van der Waals surface area contributed by atoms with E-state index in [0.29, 0.717) is 23.1 Å². The molecule has 6 heteroatoms. The maximum Gasteiger partial charge on any atom is 0.225 e. The molecule has 5 nitrogen and oxygen atoms in total. The molecule has 0 saturated carbocycles. The van der Waals surface area contributed by atoms with Crippen molar-refractivity contribution in [3.05, 3.63) is 52.9 Å². The molecule has 0 saturated heterocycles. The Bertz CT molecular complexity index is 544. The fourth-order valence-corrected chi connectivity index (χ4v) is 1.82. The zero-order valence-electron chi connectivity index (χ0n) is 11.2. The van der Waals surface area contributed by atoms with Crippen LogP contribution in [0.25, 0.3) is 0 Å². The van der Waals surface area contributed by atoms with Crippen molar-refractivity contribution < 1.29 is 14.2 Å². The minimum absolute atomic E-state index is 0.376. The maximum absolute atomic E-state index is 5.84. The van der Waals surface area contributed by atoms with Gasteiger partial charge in [0.25, 0.3) is 0 Å². The van der Waals surface area contributed by atoms with E-state index >= 15 is 0 Å². The largest absolute Gasteiger partial charge is 0.472 e. The topological polar surface area (TPSA) is 53.5 Å². The predicted octanol–water partition coefficient (Wildman–Crippen LogP) is 3.00. The average Bonchev–Trinajstić information content (AvgIpc) is 2.49. The normalized spacial score (nSPS) is 10.8. The van der Waals surface area contributed by atoms with Crippen LogP contribution in [0.5, 0.6) is 5.88 Å². The lowest BCUT2D eigenvalue weighted by molar-refractivity contribution is -0.107. The number of ether oxygens (including phenoxy) is 3. The summed E-state index contributed by atoms with van der Waals surface area (Å²) in [5.41, 5.74) is 1.64. The van der Waals surface area contributed by atoms with Gasteiger partial charge in [0, 0.05) is 25.4 Å². The second kappa shape index (κ2) is 7.19. The molecule has 2 rings (SSSR count). The van der Waals surface area contributed by atoms with Crippen molar-refractivity contribution in [1.29, 1.82) is 0 Å². The summed E-state index contributed by atoms with van der Waals surface area (Å²) in [6.07, 6.45) is 2.47. The van der Waals surface area contributed by atoms with Gasteiger partial charge in [-0.15, -0.1) is 0 Å². The summed E-state index contributed by atoms with van der Waals surface area (Å²) in [6, 6.07) is 7.42. The Kier molecular flexibility index (Phi) is 5.29. The van der Waals surface area contributed by atoms with E-state index in [1.165, 1.54) is 6.33 Å². The summed E-state index contributed by atoms with van der Waals surface area (Å²) < 4.78 is 16.1. The number of nitrogens with zero attached hydrogens (tertiary/aromatic N) is 2. The first-order chi connectivity index (χ1) is 9.74. The van der Waals surface area contributed by atoms with Crippen LogP contribution in [0.1, 0.15) is 17.4 Å². The van der Waals surface area contributed by atoms with Gasteiger partial charge in [0.1, 0.15) is 12.9 Å². The van der Waals surface area contributed by atoms with Crippen molar-refractivity contribution >= 4 is 11.6 Å². The van der Waals surface area contributed by atoms with E-state index < -0.39 is 6.29 Å². The second-order valence-electron chi connectivity index (χ2n) is 4.00. The van der Waals surface area contributed by atoms with Crippen molar-refractivity contribution in [2.24, 2.45) is 0 Å². The molecule has 0 atom stereocenters. The Hall–Kier alpha value is -1.69. The molecule has 0 aliphatic rings. The van der Waals surface area contributed by atoms with Gasteiger partial charge in [-0.3, -0.25) is 0 Å². The van der Waals surface area contributed by atoms with E-state index in [4.69, 9.17) is 25.8 Å². The SMILES string of the molecule is COC(OC)c1cncnc1OCc1ccc(Cl)cc1. The molecule has 0 aliphatic heterocycles. The van der Waals surface area contributed by atoms with Gasteiger partial charge < -0.3 is 14.2 Å². The Morgan fingerprint density at radius 1 is 1.15 bits per heavy atom. The third kappa shape index (κ3) is 3.66. The van der Waals surface area contributed by atoms with Gasteiger partial charge in [0.15, 0.2) is 6.29 Å². The third-order valence-corrected chi connectivity index (χ3v) is 2.93. The number of methoxy groups -OCH3 is 2. The molecule has 106 valence electrons. The van der Waals surface area contributed by atoms with Gasteiger partial charge in [-0.25, -0.2) is 9.97 Å². The van der Waals surface area contributed by atoms with Crippen LogP contribution < -0.4 is 4.74 Å². The third-order valence-electron chi connectivity index (χ3n) is 2.67. The van der Waals surface area contributed by atoms with Gasteiger partial charge in [-0.05, 0) is 17.7 Å². The van der Waals surface area contributed by atoms with Crippen LogP contribution in [0.4, 0.5) is 0 Å². The number of halogens is 1. The van der Waals surface area contributed by atoms with Crippen LogP contribution in [0, 0.1) is 0 Å². The molecular weight excluding hydrogens is 280 g/mol. The lowest BCUT2D eigenvalue weighted by atomic mass is 10.2. The van der Waals surface area contributed by atoms with E-state index in [2.05, 4.69) is 9.97 Å². The van der Waals surface area contributed by atoms with Gasteiger partial charge in [-0.2, -0.15) is 0 Å². The van der Waals surface area contributed by atoms with Crippen LogP contribution in [0.15, 0.2) is 36.8 Å². The molecule has 20 heavy (non-hydrogen) atoms. The summed E-state index contributed by atoms with van der Waals surface area (Å²) in [6.45, 7) is 0.376. The van der Waals surface area contributed by atoms with Gasteiger partial charge in [0.05, 0.1) is 5.56 Å². The average molecular weight is 295 g/mol. The molecule has 0 amide bonds. The number of benzene rings is 1. The molecule has 0 spiro atoms. The first kappa shape index (κ1) is 14.7. The molecule has 1 aromatic carbocycles. The van der Waals surface area contributed by atoms with Gasteiger partial charge >= 0.3 is 0 Å². The van der Waals surface area contributed by atoms with Crippen molar-refractivity contribution in [1.82, 2.24) is 9.97 Å². The van der Waals surface area contributed by atoms with Crippen LogP contribution in [-0.2, 0) is 16.1 Å². The Morgan fingerprint density at radius 2 is 1.85 bits per heavy atom. The molecule has 0 unspecified atom stereocenters. The minimum Gasteiger partial charge on any atom is -0.472 e. The lowest BCUT2D eigenvalue weighted by Crippen LogP contribution is -2.09. The van der Waals surface area contributed by atoms with Crippen molar-refractivity contribution in [2.75, 3.05) is 14.2 Å². The molecule has 1 aromatic heterocycles. The zero-order valence-corrected chi connectivity index (χ0v) is 12.0. The highest BCUT2D eigenvalue weighted by molar-refractivity contribution is 6.30. The van der Waals surface area contributed by atoms with Gasteiger partial charge in [-0.1, -0.05) is 23.7 Å². The lowest BCUT2D eigenvalue weighted by Gasteiger charge is -2.16. The second-order valence-corrected chi connectivity index (χ2v) is 4.44. The Balaban J connectivity index is 2.11. The van der Waals surface area contributed by atoms with E-state index in [1.54, 1.807) is 20.4 Å². The standard InChI is InChI=1S/C14H15ClN2O3/c1-18-14(19-2)12-7-16-9-17-13(12)20-8-10-3-5-11(15)6-4-10/h3-7,9,14H,8H2,1-2H3. The first-order valence-electron chi connectivity index (χ1n) is 5.97. The molecule has 2 aromatic rings. The minimum atomic E-state index is -0.559. The number of hydrogen-bond acceptors (Lipinski definition) is 5. The molecule has 1 heterocycles. The van der Waals surface area contributed by atoms with Crippen LogP contribution in [0.2, 0.25) is 5.02 Å². The van der Waals surface area contributed by atoms with Crippen LogP contribution in [-0.4, -0.2) is 24.2 Å². The monoisotopic (exact) mass is 294 g/mol. The smallest absolute Gasteiger partial charge is 0.225 e. The summed E-state index contributed by atoms with van der Waals surface area (Å²) >= 11 is 5.84. The first-order valence-corrected chi connectivity index (χ1v) is 6.35. The highest BCUT2D eigenvalue weighted by atomic mass is 35.5. The van der Waals surface area contributed by atoms with Crippen molar-refractivity contribution in [3.8, 4) is 5.88 Å².